The van der Waals surface area contributed by atoms with Gasteiger partial charge in [0.25, 0.3) is 0 Å². The van der Waals surface area contributed by atoms with Gasteiger partial charge in [0.15, 0.2) is 6.10 Å². The minimum atomic E-state index is -0.790. The second kappa shape index (κ2) is 51.0. The zero-order chi connectivity index (χ0) is 45.8. The van der Waals surface area contributed by atoms with E-state index in [-0.39, 0.29) is 31.1 Å². The molecule has 63 heavy (non-hydrogen) atoms. The van der Waals surface area contributed by atoms with E-state index in [1.54, 1.807) is 0 Å². The highest BCUT2D eigenvalue weighted by Gasteiger charge is 2.19. The molecule has 6 heteroatoms. The van der Waals surface area contributed by atoms with Crippen molar-refractivity contribution in [2.75, 3.05) is 13.2 Å². The van der Waals surface area contributed by atoms with Gasteiger partial charge in [-0.15, -0.1) is 0 Å². The summed E-state index contributed by atoms with van der Waals surface area (Å²) in [7, 11) is 0. The largest absolute Gasteiger partial charge is 0.462 e. The van der Waals surface area contributed by atoms with Gasteiger partial charge in [0.2, 0.25) is 0 Å². The Balaban J connectivity index is 4.28. The Labute approximate surface area is 387 Å². The Morgan fingerprint density at radius 3 is 0.984 bits per heavy atom. The van der Waals surface area contributed by atoms with Crippen molar-refractivity contribution in [3.05, 3.63) is 97.2 Å². The maximum absolute atomic E-state index is 12.7. The lowest BCUT2D eigenvalue weighted by Gasteiger charge is -2.18. The number of carbonyl (C=O) groups excluding carboxylic acids is 3. The molecule has 0 spiro atoms. The van der Waals surface area contributed by atoms with Crippen LogP contribution < -0.4 is 0 Å². The van der Waals surface area contributed by atoms with Crippen LogP contribution in [0.4, 0.5) is 0 Å². The summed E-state index contributed by atoms with van der Waals surface area (Å²) in [4.78, 5) is 37.8. The lowest BCUT2D eigenvalue weighted by molar-refractivity contribution is -0.167. The molecule has 0 saturated heterocycles. The Bertz CT molecular complexity index is 1280. The van der Waals surface area contributed by atoms with Gasteiger partial charge in [-0.2, -0.15) is 0 Å². The molecule has 0 aromatic heterocycles. The molecule has 0 radical (unpaired) electrons. The van der Waals surface area contributed by atoms with E-state index in [0.29, 0.717) is 19.3 Å². The third kappa shape index (κ3) is 49.2. The number of esters is 3. The van der Waals surface area contributed by atoms with Crippen molar-refractivity contribution in [3.63, 3.8) is 0 Å². The fraction of sp³-hybridized carbons (Fsp3) is 0.667. The molecule has 0 amide bonds. The number of rotatable bonds is 45. The quantitative estimate of drug-likeness (QED) is 0.0262. The summed E-state index contributed by atoms with van der Waals surface area (Å²) in [6.45, 7) is 6.36. The van der Waals surface area contributed by atoms with Crippen LogP contribution in [0.25, 0.3) is 0 Å². The molecule has 0 aromatic rings. The summed E-state index contributed by atoms with van der Waals surface area (Å²) >= 11 is 0. The van der Waals surface area contributed by atoms with E-state index >= 15 is 0 Å². The van der Waals surface area contributed by atoms with Crippen LogP contribution in [-0.4, -0.2) is 37.2 Å². The standard InChI is InChI=1S/C57H94O6/c1-4-7-10-13-16-19-22-23-24-25-26-27-28-29-30-31-32-33-34-35-36-39-41-44-47-50-56(59)62-53-54(63-57(60)51-48-45-42-38-21-18-15-12-9-6-3)52-61-55(58)49-46-43-40-37-20-17-14-11-8-5-2/h7,10-12,14-16,19,23-24,26-27,29-30,32-33,54H,4-6,8-9,13,17-18,20-22,25,28,31,34-53H2,1-3H3/b10-7-,14-11-,15-12-,19-16-,24-23-,27-26-,30-29-,33-32-. The molecule has 0 aliphatic rings. The molecule has 1 unspecified atom stereocenters. The van der Waals surface area contributed by atoms with Gasteiger partial charge < -0.3 is 14.2 Å². The summed E-state index contributed by atoms with van der Waals surface area (Å²) in [5, 5.41) is 0. The Morgan fingerprint density at radius 2 is 0.619 bits per heavy atom. The van der Waals surface area contributed by atoms with Gasteiger partial charge in [-0.05, 0) is 109 Å². The molecular formula is C57H94O6. The second-order valence-corrected chi connectivity index (χ2v) is 16.7. The average Bonchev–Trinajstić information content (AvgIpc) is 3.28. The lowest BCUT2D eigenvalue weighted by atomic mass is 10.1. The zero-order valence-corrected chi connectivity index (χ0v) is 40.8. The smallest absolute Gasteiger partial charge is 0.306 e. The summed E-state index contributed by atoms with van der Waals surface area (Å²) in [5.74, 6) is -0.933. The van der Waals surface area contributed by atoms with Crippen LogP contribution in [-0.2, 0) is 28.6 Å². The summed E-state index contributed by atoms with van der Waals surface area (Å²) in [5.41, 5.74) is 0. The van der Waals surface area contributed by atoms with E-state index in [9.17, 15) is 14.4 Å². The molecule has 0 N–H and O–H groups in total. The molecule has 0 heterocycles. The van der Waals surface area contributed by atoms with Gasteiger partial charge in [0, 0.05) is 19.3 Å². The Morgan fingerprint density at radius 1 is 0.333 bits per heavy atom. The van der Waals surface area contributed by atoms with Crippen molar-refractivity contribution < 1.29 is 28.6 Å². The summed E-state index contributed by atoms with van der Waals surface area (Å²) in [6, 6.07) is 0. The molecular weight excluding hydrogens is 781 g/mol. The number of allylic oxidation sites excluding steroid dienone is 16. The highest BCUT2D eigenvalue weighted by molar-refractivity contribution is 5.71. The molecule has 358 valence electrons. The molecule has 0 fully saturated rings. The SMILES string of the molecule is CC/C=C\C/C=C\C/C=C\C/C=C\C/C=C\C/C=C\CCCCCCCCC(=O)OCC(COC(=O)CCCCCCC/C=C\CCC)OC(=O)CCCCCCC/C=C\CCC. The maximum atomic E-state index is 12.7. The zero-order valence-electron chi connectivity index (χ0n) is 40.8. The molecule has 0 aliphatic carbocycles. The maximum Gasteiger partial charge on any atom is 0.306 e. The van der Waals surface area contributed by atoms with Crippen LogP contribution in [0.5, 0.6) is 0 Å². The lowest BCUT2D eigenvalue weighted by Crippen LogP contribution is -2.30. The van der Waals surface area contributed by atoms with Crippen molar-refractivity contribution in [2.45, 2.75) is 232 Å². The van der Waals surface area contributed by atoms with Crippen molar-refractivity contribution in [1.82, 2.24) is 0 Å². The van der Waals surface area contributed by atoms with Crippen molar-refractivity contribution >= 4 is 17.9 Å². The fourth-order valence-corrected chi connectivity index (χ4v) is 6.68. The highest BCUT2D eigenvalue weighted by Crippen LogP contribution is 2.13. The topological polar surface area (TPSA) is 78.9 Å². The van der Waals surface area contributed by atoms with Crippen molar-refractivity contribution in [1.29, 1.82) is 0 Å². The highest BCUT2D eigenvalue weighted by atomic mass is 16.6. The van der Waals surface area contributed by atoms with Gasteiger partial charge in [-0.1, -0.05) is 195 Å². The first-order chi connectivity index (χ1) is 31.0. The number of unbranched alkanes of at least 4 members (excludes halogenated alkanes) is 18. The molecule has 6 nitrogen and oxygen atoms in total. The van der Waals surface area contributed by atoms with E-state index < -0.39 is 6.10 Å². The molecule has 0 saturated carbocycles. The van der Waals surface area contributed by atoms with Crippen LogP contribution in [0, 0.1) is 0 Å². The molecule has 0 aromatic carbocycles. The third-order valence-electron chi connectivity index (χ3n) is 10.5. The molecule has 0 bridgehead atoms. The Kier molecular flexibility index (Phi) is 48.0. The molecule has 0 aliphatic heterocycles. The number of hydrogen-bond donors (Lipinski definition) is 0. The average molecular weight is 875 g/mol. The van der Waals surface area contributed by atoms with E-state index in [1.807, 2.05) is 0 Å². The number of hydrogen-bond acceptors (Lipinski definition) is 6. The van der Waals surface area contributed by atoms with E-state index in [0.717, 1.165) is 148 Å². The predicted molar refractivity (Wildman–Crippen MR) is 270 cm³/mol. The van der Waals surface area contributed by atoms with Crippen molar-refractivity contribution in [3.8, 4) is 0 Å². The first-order valence-corrected chi connectivity index (χ1v) is 25.7. The third-order valence-corrected chi connectivity index (χ3v) is 10.5. The van der Waals surface area contributed by atoms with Crippen LogP contribution in [0.1, 0.15) is 226 Å². The first kappa shape index (κ1) is 59.3. The minimum Gasteiger partial charge on any atom is -0.462 e. The van der Waals surface area contributed by atoms with Gasteiger partial charge in [-0.25, -0.2) is 0 Å². The van der Waals surface area contributed by atoms with Crippen molar-refractivity contribution in [2.24, 2.45) is 0 Å². The van der Waals surface area contributed by atoms with Gasteiger partial charge in [0.1, 0.15) is 13.2 Å². The Hall–Kier alpha value is -3.67. The summed E-state index contributed by atoms with van der Waals surface area (Å²) < 4.78 is 16.7. The van der Waals surface area contributed by atoms with E-state index in [2.05, 4.69) is 118 Å². The molecule has 1 atom stereocenters. The van der Waals surface area contributed by atoms with Crippen LogP contribution in [0.15, 0.2) is 97.2 Å². The van der Waals surface area contributed by atoms with Crippen LogP contribution in [0.2, 0.25) is 0 Å². The van der Waals surface area contributed by atoms with E-state index in [1.165, 1.54) is 38.5 Å². The van der Waals surface area contributed by atoms with Gasteiger partial charge >= 0.3 is 17.9 Å². The summed E-state index contributed by atoms with van der Waals surface area (Å²) in [6.07, 6.45) is 66.9. The van der Waals surface area contributed by atoms with Crippen LogP contribution in [0.3, 0.4) is 0 Å². The first-order valence-electron chi connectivity index (χ1n) is 25.7. The monoisotopic (exact) mass is 875 g/mol. The van der Waals surface area contributed by atoms with Gasteiger partial charge in [0.05, 0.1) is 0 Å². The fourth-order valence-electron chi connectivity index (χ4n) is 6.68. The normalized spacial score (nSPS) is 12.9. The number of ether oxygens (including phenoxy) is 3. The van der Waals surface area contributed by atoms with Gasteiger partial charge in [-0.3, -0.25) is 14.4 Å². The number of carbonyl (C=O) groups is 3. The second-order valence-electron chi connectivity index (χ2n) is 16.7. The molecule has 0 rings (SSSR count). The van der Waals surface area contributed by atoms with E-state index in [4.69, 9.17) is 14.2 Å². The minimum absolute atomic E-state index is 0.0912. The van der Waals surface area contributed by atoms with Crippen LogP contribution >= 0.6 is 0 Å². The predicted octanol–water partition coefficient (Wildman–Crippen LogP) is 17.0.